The van der Waals surface area contributed by atoms with Crippen LogP contribution in [-0.2, 0) is 14.3 Å². The summed E-state index contributed by atoms with van der Waals surface area (Å²) in [6.07, 6.45) is 24.4. The number of unbranched alkanes of at least 4 members (excludes halogenated alkanes) is 10. The van der Waals surface area contributed by atoms with Crippen LogP contribution in [0.15, 0.2) is 23.8 Å². The molecule has 2 aliphatic rings. The van der Waals surface area contributed by atoms with Gasteiger partial charge in [0.25, 0.3) is 0 Å². The fourth-order valence-corrected chi connectivity index (χ4v) is 6.10. The Bertz CT molecular complexity index is 766. The largest absolute Gasteiger partial charge is 0.455 e. The monoisotopic (exact) mass is 594 g/mol. The maximum atomic E-state index is 11.6. The van der Waals surface area contributed by atoms with E-state index in [0.29, 0.717) is 31.3 Å². The zero-order valence-electron chi connectivity index (χ0n) is 26.6. The Morgan fingerprint density at radius 1 is 0.833 bits per heavy atom. The van der Waals surface area contributed by atoms with Crippen molar-refractivity contribution in [2.45, 2.75) is 191 Å². The first-order valence-corrected chi connectivity index (χ1v) is 17.2. The lowest BCUT2D eigenvalue weighted by Crippen LogP contribution is -2.26. The molecule has 1 saturated heterocycles. The van der Waals surface area contributed by atoms with Gasteiger partial charge in [-0.1, -0.05) is 96.1 Å². The van der Waals surface area contributed by atoms with E-state index in [4.69, 9.17) is 9.47 Å². The van der Waals surface area contributed by atoms with Gasteiger partial charge >= 0.3 is 5.97 Å². The van der Waals surface area contributed by atoms with Gasteiger partial charge in [-0.3, -0.25) is 0 Å². The van der Waals surface area contributed by atoms with Crippen molar-refractivity contribution < 1.29 is 34.7 Å². The fraction of sp³-hybridized carbons (Fsp3) is 0.857. The molecule has 0 aromatic carbocycles. The number of hydrogen-bond donors (Lipinski definition) is 4. The van der Waals surface area contributed by atoms with Crippen LogP contribution in [0, 0.1) is 0 Å². The molecular weight excluding hydrogens is 532 g/mol. The third kappa shape index (κ3) is 16.0. The van der Waals surface area contributed by atoms with Crippen molar-refractivity contribution in [3.63, 3.8) is 0 Å². The number of carbonyl (C=O) groups is 1. The molecule has 0 aromatic rings. The highest BCUT2D eigenvalue weighted by Gasteiger charge is 2.30. The van der Waals surface area contributed by atoms with Crippen LogP contribution in [-0.4, -0.2) is 69.1 Å². The van der Waals surface area contributed by atoms with E-state index in [9.17, 15) is 25.2 Å². The molecule has 0 bridgehead atoms. The molecular formula is C35H62O7. The van der Waals surface area contributed by atoms with E-state index >= 15 is 0 Å². The van der Waals surface area contributed by atoms with Crippen LogP contribution in [0.3, 0.4) is 0 Å². The Hall–Kier alpha value is -1.25. The third-order valence-electron chi connectivity index (χ3n) is 8.80. The number of aliphatic hydroxyl groups excluding tert-OH is 4. The fourth-order valence-electron chi connectivity index (χ4n) is 6.10. The van der Waals surface area contributed by atoms with Crippen molar-refractivity contribution in [2.75, 3.05) is 0 Å². The average molecular weight is 595 g/mol. The SMILES string of the molecule is CCCCC(O)C(O)C/C=C\CC[C@H](O)[C@@H]1CC[C@@H](CCCCCCCCCCCC[C@@H](O)CC2=C[C@H](C)OC2=O)O1. The number of carbonyl (C=O) groups excluding carboxylic acids is 1. The number of esters is 1. The highest BCUT2D eigenvalue weighted by molar-refractivity contribution is 5.90. The van der Waals surface area contributed by atoms with Crippen molar-refractivity contribution in [3.8, 4) is 0 Å². The lowest BCUT2D eigenvalue weighted by atomic mass is 10.0. The number of rotatable bonds is 25. The van der Waals surface area contributed by atoms with Gasteiger partial charge < -0.3 is 29.9 Å². The van der Waals surface area contributed by atoms with Gasteiger partial charge in [-0.05, 0) is 64.4 Å². The van der Waals surface area contributed by atoms with Gasteiger partial charge in [-0.25, -0.2) is 4.79 Å². The Balaban J connectivity index is 1.36. The zero-order chi connectivity index (χ0) is 30.6. The Morgan fingerprint density at radius 3 is 2.14 bits per heavy atom. The smallest absolute Gasteiger partial charge is 0.334 e. The molecule has 2 unspecified atom stereocenters. The molecule has 2 heterocycles. The second-order valence-electron chi connectivity index (χ2n) is 12.8. The molecule has 7 atom stereocenters. The second kappa shape index (κ2) is 22.3. The van der Waals surface area contributed by atoms with E-state index in [2.05, 4.69) is 6.92 Å². The minimum absolute atomic E-state index is 0.0552. The van der Waals surface area contributed by atoms with Gasteiger partial charge in [0.1, 0.15) is 6.10 Å². The summed E-state index contributed by atoms with van der Waals surface area (Å²) in [6, 6.07) is 0. The highest BCUT2D eigenvalue weighted by Crippen LogP contribution is 2.28. The topological polar surface area (TPSA) is 116 Å². The molecule has 244 valence electrons. The van der Waals surface area contributed by atoms with Crippen LogP contribution in [0.4, 0.5) is 0 Å². The van der Waals surface area contributed by atoms with Crippen LogP contribution < -0.4 is 0 Å². The number of cyclic esters (lactones) is 1. The molecule has 42 heavy (non-hydrogen) atoms. The number of ether oxygens (including phenoxy) is 2. The number of hydrogen-bond acceptors (Lipinski definition) is 7. The Labute approximate surface area is 255 Å². The van der Waals surface area contributed by atoms with E-state index in [1.165, 1.54) is 51.4 Å². The van der Waals surface area contributed by atoms with Gasteiger partial charge in [0.2, 0.25) is 0 Å². The Kier molecular flexibility index (Phi) is 19.6. The molecule has 0 aromatic heterocycles. The summed E-state index contributed by atoms with van der Waals surface area (Å²) in [5.74, 6) is -0.275. The van der Waals surface area contributed by atoms with Gasteiger partial charge in [-0.15, -0.1) is 0 Å². The van der Waals surface area contributed by atoms with Gasteiger partial charge in [0.15, 0.2) is 0 Å². The van der Waals surface area contributed by atoms with Crippen LogP contribution in [0.5, 0.6) is 0 Å². The quantitative estimate of drug-likeness (QED) is 0.0520. The predicted molar refractivity (Wildman–Crippen MR) is 168 cm³/mol. The van der Waals surface area contributed by atoms with Crippen molar-refractivity contribution in [1.82, 2.24) is 0 Å². The molecule has 0 aliphatic carbocycles. The maximum absolute atomic E-state index is 11.6. The summed E-state index contributed by atoms with van der Waals surface area (Å²) in [7, 11) is 0. The first-order valence-electron chi connectivity index (χ1n) is 17.2. The van der Waals surface area contributed by atoms with Crippen LogP contribution >= 0.6 is 0 Å². The molecule has 2 aliphatic heterocycles. The summed E-state index contributed by atoms with van der Waals surface area (Å²) in [4.78, 5) is 11.6. The molecule has 7 heteroatoms. The normalized spacial score (nSPS) is 23.7. The number of aliphatic hydroxyl groups is 4. The lowest BCUT2D eigenvalue weighted by Gasteiger charge is -2.19. The lowest BCUT2D eigenvalue weighted by molar-refractivity contribution is -0.139. The second-order valence-corrected chi connectivity index (χ2v) is 12.8. The van der Waals surface area contributed by atoms with E-state index in [-0.39, 0.29) is 24.3 Å². The first-order chi connectivity index (χ1) is 20.3. The van der Waals surface area contributed by atoms with Gasteiger partial charge in [0.05, 0.1) is 36.6 Å². The van der Waals surface area contributed by atoms with Crippen molar-refractivity contribution in [2.24, 2.45) is 0 Å². The summed E-state index contributed by atoms with van der Waals surface area (Å²) < 4.78 is 11.2. The first kappa shape index (κ1) is 36.9. The summed E-state index contributed by atoms with van der Waals surface area (Å²) in [5, 5.41) is 40.6. The highest BCUT2D eigenvalue weighted by atomic mass is 16.5. The zero-order valence-corrected chi connectivity index (χ0v) is 26.6. The molecule has 0 radical (unpaired) electrons. The van der Waals surface area contributed by atoms with Gasteiger partial charge in [-0.2, -0.15) is 0 Å². The minimum Gasteiger partial charge on any atom is -0.455 e. The van der Waals surface area contributed by atoms with Gasteiger partial charge in [0, 0.05) is 12.0 Å². The molecule has 1 fully saturated rings. The summed E-state index contributed by atoms with van der Waals surface area (Å²) >= 11 is 0. The van der Waals surface area contributed by atoms with Crippen LogP contribution in [0.25, 0.3) is 0 Å². The van der Waals surface area contributed by atoms with E-state index in [1.54, 1.807) is 0 Å². The maximum Gasteiger partial charge on any atom is 0.334 e. The number of allylic oxidation sites excluding steroid dienone is 1. The molecule has 2 rings (SSSR count). The van der Waals surface area contributed by atoms with E-state index in [0.717, 1.165) is 57.8 Å². The molecule has 0 spiro atoms. The molecule has 0 amide bonds. The van der Waals surface area contributed by atoms with Crippen LogP contribution in [0.1, 0.15) is 149 Å². The summed E-state index contributed by atoms with van der Waals surface area (Å²) in [5.41, 5.74) is 0.624. The van der Waals surface area contributed by atoms with Crippen LogP contribution in [0.2, 0.25) is 0 Å². The van der Waals surface area contributed by atoms with E-state index in [1.807, 2.05) is 25.2 Å². The molecule has 7 nitrogen and oxygen atoms in total. The molecule has 0 saturated carbocycles. The van der Waals surface area contributed by atoms with Crippen molar-refractivity contribution in [3.05, 3.63) is 23.8 Å². The van der Waals surface area contributed by atoms with Crippen molar-refractivity contribution >= 4 is 5.97 Å². The Morgan fingerprint density at radius 2 is 1.50 bits per heavy atom. The standard InChI is InChI=1S/C35H62O7/c1-3-4-20-31(37)32(38)21-16-13-17-22-33(39)34-24-23-30(42-34)19-15-12-10-8-6-5-7-9-11-14-18-29(36)26-28-25-27(2)41-35(28)40/h13,16,25,27,29-34,36-39H,3-12,14-15,17-24,26H2,1-2H3/b16-13-/t27-,29+,30+,31?,32?,33-,34-/m0/s1. The van der Waals surface area contributed by atoms with Crippen molar-refractivity contribution in [1.29, 1.82) is 0 Å². The predicted octanol–water partition coefficient (Wildman–Crippen LogP) is 6.84. The summed E-state index contributed by atoms with van der Waals surface area (Å²) in [6.45, 7) is 3.91. The minimum atomic E-state index is -0.709. The third-order valence-corrected chi connectivity index (χ3v) is 8.80. The molecule has 4 N–H and O–H groups in total. The van der Waals surface area contributed by atoms with E-state index < -0.39 is 24.4 Å². The average Bonchev–Trinajstić information content (AvgIpc) is 3.57.